The summed E-state index contributed by atoms with van der Waals surface area (Å²) in [7, 11) is 0. The van der Waals surface area contributed by atoms with E-state index in [0.717, 1.165) is 5.56 Å². The third-order valence-corrected chi connectivity index (χ3v) is 1.83. The molecule has 0 saturated heterocycles. The Balaban J connectivity index is 2.31. The zero-order chi connectivity index (χ0) is 10.4. The highest BCUT2D eigenvalue weighted by Gasteiger charge is 1.99. The Morgan fingerprint density at radius 3 is 2.79 bits per heavy atom. The van der Waals surface area contributed by atoms with Crippen molar-refractivity contribution in [2.45, 2.75) is 12.8 Å². The van der Waals surface area contributed by atoms with Gasteiger partial charge in [0.25, 0.3) is 0 Å². The molecule has 1 rings (SSSR count). The van der Waals surface area contributed by atoms with Crippen LogP contribution in [0.5, 0.6) is 5.75 Å². The lowest BCUT2D eigenvalue weighted by Crippen LogP contribution is -2.13. The van der Waals surface area contributed by atoms with Crippen LogP contribution in [0, 0.1) is 0 Å². The monoisotopic (exact) mass is 195 g/mol. The first kappa shape index (κ1) is 10.4. The molecule has 0 fully saturated rings. The summed E-state index contributed by atoms with van der Waals surface area (Å²) in [5, 5.41) is 9.39. The van der Waals surface area contributed by atoms with Crippen molar-refractivity contribution < 1.29 is 14.6 Å². The van der Waals surface area contributed by atoms with E-state index in [9.17, 15) is 9.90 Å². The average Bonchev–Trinajstić information content (AvgIpc) is 2.15. The molecular weight excluding hydrogens is 182 g/mol. The van der Waals surface area contributed by atoms with Gasteiger partial charge in [-0.2, -0.15) is 0 Å². The number of phenols is 1. The van der Waals surface area contributed by atoms with Gasteiger partial charge in [0.05, 0.1) is 6.61 Å². The normalized spacial score (nSPS) is 9.71. The number of nitrogens with two attached hydrogens (primary N) is 1. The fourth-order valence-corrected chi connectivity index (χ4v) is 1.16. The van der Waals surface area contributed by atoms with Crippen molar-refractivity contribution >= 4 is 6.09 Å². The van der Waals surface area contributed by atoms with Gasteiger partial charge in [0.15, 0.2) is 0 Å². The highest BCUT2D eigenvalue weighted by molar-refractivity contribution is 5.64. The second-order valence-corrected chi connectivity index (χ2v) is 2.90. The van der Waals surface area contributed by atoms with Crippen LogP contribution in [0.25, 0.3) is 0 Å². The molecule has 76 valence electrons. The second kappa shape index (κ2) is 5.11. The number of para-hydroxylation sites is 1. The molecule has 0 unspecified atom stereocenters. The first-order valence-corrected chi connectivity index (χ1v) is 4.39. The Morgan fingerprint density at radius 2 is 2.14 bits per heavy atom. The molecule has 0 atom stereocenters. The van der Waals surface area contributed by atoms with Gasteiger partial charge < -0.3 is 15.6 Å². The van der Waals surface area contributed by atoms with Crippen molar-refractivity contribution in [3.05, 3.63) is 29.8 Å². The van der Waals surface area contributed by atoms with Crippen LogP contribution < -0.4 is 5.73 Å². The lowest BCUT2D eigenvalue weighted by Gasteiger charge is -2.03. The fourth-order valence-electron chi connectivity index (χ4n) is 1.16. The van der Waals surface area contributed by atoms with Gasteiger partial charge >= 0.3 is 6.09 Å². The maximum absolute atomic E-state index is 10.2. The third kappa shape index (κ3) is 3.35. The lowest BCUT2D eigenvalue weighted by molar-refractivity contribution is 0.155. The molecule has 1 amide bonds. The molecule has 0 spiro atoms. The van der Waals surface area contributed by atoms with Crippen molar-refractivity contribution in [3.8, 4) is 5.75 Å². The summed E-state index contributed by atoms with van der Waals surface area (Å²) in [6.07, 6.45) is 0.558. The number of carbonyl (C=O) groups is 1. The highest BCUT2D eigenvalue weighted by atomic mass is 16.5. The van der Waals surface area contributed by atoms with E-state index in [1.165, 1.54) is 0 Å². The molecular formula is C10H13NO3. The molecule has 0 bridgehead atoms. The van der Waals surface area contributed by atoms with Gasteiger partial charge in [-0.05, 0) is 24.5 Å². The number of amides is 1. The Bertz CT molecular complexity index is 312. The van der Waals surface area contributed by atoms with E-state index in [2.05, 4.69) is 4.74 Å². The van der Waals surface area contributed by atoms with Gasteiger partial charge in [-0.25, -0.2) is 4.79 Å². The van der Waals surface area contributed by atoms with E-state index in [4.69, 9.17) is 5.73 Å². The number of rotatable bonds is 4. The molecule has 0 radical (unpaired) electrons. The Hall–Kier alpha value is -1.71. The van der Waals surface area contributed by atoms with Gasteiger partial charge in [0.1, 0.15) is 5.75 Å². The van der Waals surface area contributed by atoms with Gasteiger partial charge in [-0.15, -0.1) is 0 Å². The molecule has 0 aliphatic carbocycles. The molecule has 4 nitrogen and oxygen atoms in total. The largest absolute Gasteiger partial charge is 0.508 e. The van der Waals surface area contributed by atoms with Gasteiger partial charge in [0, 0.05) is 0 Å². The molecule has 0 aliphatic rings. The number of aromatic hydroxyl groups is 1. The number of primary amides is 1. The van der Waals surface area contributed by atoms with Crippen LogP contribution in [-0.2, 0) is 11.2 Å². The molecule has 4 heteroatoms. The first-order valence-electron chi connectivity index (χ1n) is 4.39. The third-order valence-electron chi connectivity index (χ3n) is 1.83. The van der Waals surface area contributed by atoms with Gasteiger partial charge in [-0.3, -0.25) is 0 Å². The van der Waals surface area contributed by atoms with Crippen LogP contribution in [0.15, 0.2) is 24.3 Å². The van der Waals surface area contributed by atoms with Crippen LogP contribution in [0.4, 0.5) is 4.79 Å². The van der Waals surface area contributed by atoms with E-state index in [-0.39, 0.29) is 12.4 Å². The van der Waals surface area contributed by atoms with Gasteiger partial charge in [-0.1, -0.05) is 18.2 Å². The van der Waals surface area contributed by atoms with Crippen molar-refractivity contribution in [3.63, 3.8) is 0 Å². The molecule has 14 heavy (non-hydrogen) atoms. The van der Waals surface area contributed by atoms with Crippen molar-refractivity contribution in [2.75, 3.05) is 6.61 Å². The van der Waals surface area contributed by atoms with E-state index in [0.29, 0.717) is 12.8 Å². The van der Waals surface area contributed by atoms with Crippen LogP contribution >= 0.6 is 0 Å². The van der Waals surface area contributed by atoms with Gasteiger partial charge in [0.2, 0.25) is 0 Å². The van der Waals surface area contributed by atoms with E-state index in [1.807, 2.05) is 12.1 Å². The number of benzene rings is 1. The maximum Gasteiger partial charge on any atom is 0.404 e. The summed E-state index contributed by atoms with van der Waals surface area (Å²) >= 11 is 0. The quantitative estimate of drug-likeness (QED) is 0.713. The summed E-state index contributed by atoms with van der Waals surface area (Å²) in [5.41, 5.74) is 5.64. The summed E-state index contributed by atoms with van der Waals surface area (Å²) in [6, 6.07) is 7.08. The predicted molar refractivity (Wildman–Crippen MR) is 52.0 cm³/mol. The fraction of sp³-hybridized carbons (Fsp3) is 0.300. The predicted octanol–water partition coefficient (Wildman–Crippen LogP) is 1.42. The summed E-state index contributed by atoms with van der Waals surface area (Å²) in [5.74, 6) is 0.270. The van der Waals surface area contributed by atoms with Crippen LogP contribution in [0.3, 0.4) is 0 Å². The highest BCUT2D eigenvalue weighted by Crippen LogP contribution is 2.16. The summed E-state index contributed by atoms with van der Waals surface area (Å²) < 4.78 is 4.56. The minimum absolute atomic E-state index is 0.270. The smallest absolute Gasteiger partial charge is 0.404 e. The van der Waals surface area contributed by atoms with Crippen molar-refractivity contribution in [1.29, 1.82) is 0 Å². The van der Waals surface area contributed by atoms with Crippen molar-refractivity contribution in [1.82, 2.24) is 0 Å². The van der Waals surface area contributed by atoms with Crippen LogP contribution in [-0.4, -0.2) is 17.8 Å². The molecule has 0 aliphatic heterocycles. The average molecular weight is 195 g/mol. The van der Waals surface area contributed by atoms with Crippen LogP contribution in [0.2, 0.25) is 0 Å². The summed E-state index contributed by atoms with van der Waals surface area (Å²) in [6.45, 7) is 0.281. The standard InChI is InChI=1S/C10H13NO3/c11-10(13)14-7-3-5-8-4-1-2-6-9(8)12/h1-2,4,6,12H,3,5,7H2,(H2,11,13). The Labute approximate surface area is 82.3 Å². The summed E-state index contributed by atoms with van der Waals surface area (Å²) in [4.78, 5) is 10.2. The number of phenolic OH excluding ortho intramolecular Hbond substituents is 1. The number of carbonyl (C=O) groups excluding carboxylic acids is 1. The topological polar surface area (TPSA) is 72.6 Å². The Morgan fingerprint density at radius 1 is 1.43 bits per heavy atom. The number of ether oxygens (including phenoxy) is 1. The zero-order valence-electron chi connectivity index (χ0n) is 7.77. The zero-order valence-corrected chi connectivity index (χ0v) is 7.77. The van der Waals surface area contributed by atoms with Crippen LogP contribution in [0.1, 0.15) is 12.0 Å². The number of hydrogen-bond donors (Lipinski definition) is 2. The molecule has 0 aromatic heterocycles. The minimum atomic E-state index is -0.762. The number of hydrogen-bond acceptors (Lipinski definition) is 3. The SMILES string of the molecule is NC(=O)OCCCc1ccccc1O. The van der Waals surface area contributed by atoms with E-state index in [1.54, 1.807) is 12.1 Å². The molecule has 1 aromatic carbocycles. The van der Waals surface area contributed by atoms with Crippen molar-refractivity contribution in [2.24, 2.45) is 5.73 Å². The molecule has 3 N–H and O–H groups in total. The molecule has 0 saturated carbocycles. The first-order chi connectivity index (χ1) is 6.70. The maximum atomic E-state index is 10.2. The van der Waals surface area contributed by atoms with E-state index < -0.39 is 6.09 Å². The minimum Gasteiger partial charge on any atom is -0.508 e. The lowest BCUT2D eigenvalue weighted by atomic mass is 10.1. The van der Waals surface area contributed by atoms with E-state index >= 15 is 0 Å². The second-order valence-electron chi connectivity index (χ2n) is 2.90. The number of aryl methyl sites for hydroxylation is 1. The molecule has 0 heterocycles. The Kier molecular flexibility index (Phi) is 3.79. The molecule has 1 aromatic rings.